The first-order valence-corrected chi connectivity index (χ1v) is 7.71. The highest BCUT2D eigenvalue weighted by Crippen LogP contribution is 2.37. The van der Waals surface area contributed by atoms with Crippen LogP contribution in [0.3, 0.4) is 0 Å². The Kier molecular flexibility index (Phi) is 3.10. The summed E-state index contributed by atoms with van der Waals surface area (Å²) in [6, 6.07) is 10.0. The molecule has 1 aliphatic rings. The monoisotopic (exact) mass is 290 g/mol. The van der Waals surface area contributed by atoms with Gasteiger partial charge >= 0.3 is 0 Å². The maximum absolute atomic E-state index is 12.8. The molecule has 0 saturated carbocycles. The maximum Gasteiger partial charge on any atom is 0.266 e. The number of anilines is 1. The lowest BCUT2D eigenvalue weighted by Crippen LogP contribution is -2.44. The van der Waals surface area contributed by atoms with E-state index in [-0.39, 0.29) is 10.9 Å². The van der Waals surface area contributed by atoms with Crippen LogP contribution < -0.4 is 9.04 Å². The molecule has 0 bridgehead atoms. The Hall–Kier alpha value is -2.08. The van der Waals surface area contributed by atoms with Crippen molar-refractivity contribution in [2.24, 2.45) is 0 Å². The Balaban J connectivity index is 2.14. The first kappa shape index (κ1) is 12.9. The molecule has 1 aromatic carbocycles. The summed E-state index contributed by atoms with van der Waals surface area (Å²) in [4.78, 5) is 4.07. The number of nitrogens with zero attached hydrogens (tertiary/aromatic N) is 2. The van der Waals surface area contributed by atoms with Gasteiger partial charge in [0, 0.05) is 12.4 Å². The van der Waals surface area contributed by atoms with Gasteiger partial charge in [-0.1, -0.05) is 12.1 Å². The minimum atomic E-state index is -3.63. The zero-order chi connectivity index (χ0) is 14.2. The van der Waals surface area contributed by atoms with Gasteiger partial charge in [-0.15, -0.1) is 0 Å². The van der Waals surface area contributed by atoms with Crippen molar-refractivity contribution in [2.45, 2.75) is 17.9 Å². The zero-order valence-corrected chi connectivity index (χ0v) is 11.7. The fraction of sp³-hybridized carbons (Fsp3) is 0.214. The first-order chi connectivity index (χ1) is 9.60. The number of sulfonamides is 1. The van der Waals surface area contributed by atoms with E-state index in [1.54, 1.807) is 36.5 Å². The molecule has 3 rings (SSSR count). The Labute approximate surface area is 117 Å². The molecule has 0 N–H and O–H groups in total. The molecule has 0 saturated heterocycles. The van der Waals surface area contributed by atoms with Crippen molar-refractivity contribution in [1.82, 2.24) is 4.98 Å². The number of ether oxygens (including phenoxy) is 1. The zero-order valence-electron chi connectivity index (χ0n) is 10.9. The molecule has 0 aliphatic carbocycles. The summed E-state index contributed by atoms with van der Waals surface area (Å²) < 4.78 is 32.6. The second-order valence-electron chi connectivity index (χ2n) is 4.62. The summed E-state index contributed by atoms with van der Waals surface area (Å²) in [5.74, 6) is 0.582. The van der Waals surface area contributed by atoms with Crippen molar-refractivity contribution in [3.05, 3.63) is 48.8 Å². The molecule has 104 valence electrons. The van der Waals surface area contributed by atoms with Gasteiger partial charge in [0.25, 0.3) is 10.0 Å². The van der Waals surface area contributed by atoms with Gasteiger partial charge in [0.05, 0.1) is 11.7 Å². The molecule has 1 aliphatic heterocycles. The number of fused-ring (bicyclic) bond motifs is 1. The van der Waals surface area contributed by atoms with Crippen molar-refractivity contribution < 1.29 is 13.2 Å². The average molecular weight is 290 g/mol. The highest BCUT2D eigenvalue weighted by atomic mass is 32.2. The van der Waals surface area contributed by atoms with Gasteiger partial charge < -0.3 is 4.74 Å². The molecule has 0 spiro atoms. The molecule has 2 aromatic rings. The molecular formula is C14H14N2O3S. The fourth-order valence-electron chi connectivity index (χ4n) is 2.26. The van der Waals surface area contributed by atoms with E-state index in [9.17, 15) is 8.42 Å². The molecule has 5 nitrogen and oxygen atoms in total. The van der Waals surface area contributed by atoms with E-state index in [1.807, 2.05) is 13.0 Å². The largest absolute Gasteiger partial charge is 0.489 e. The topological polar surface area (TPSA) is 59.5 Å². The molecule has 6 heteroatoms. The van der Waals surface area contributed by atoms with E-state index < -0.39 is 10.0 Å². The summed E-state index contributed by atoms with van der Waals surface area (Å²) in [6.07, 6.45) is 2.91. The van der Waals surface area contributed by atoms with Crippen LogP contribution in [0.1, 0.15) is 6.92 Å². The van der Waals surface area contributed by atoms with Crippen molar-refractivity contribution in [1.29, 1.82) is 0 Å². The quantitative estimate of drug-likeness (QED) is 0.849. The van der Waals surface area contributed by atoms with Crippen LogP contribution in [0.5, 0.6) is 5.75 Å². The number of hydrogen-bond acceptors (Lipinski definition) is 4. The standard InChI is InChI=1S/C14H14N2O3S/c1-11-10-19-14-7-3-2-6-13(14)16(11)20(17,18)12-5-4-8-15-9-12/h2-9,11H,10H2,1H3/t11-/m0/s1. The lowest BCUT2D eigenvalue weighted by Gasteiger charge is -2.35. The number of rotatable bonds is 2. The average Bonchev–Trinajstić information content (AvgIpc) is 2.47. The normalized spacial score (nSPS) is 18.2. The second kappa shape index (κ2) is 4.79. The smallest absolute Gasteiger partial charge is 0.266 e. The van der Waals surface area contributed by atoms with E-state index in [4.69, 9.17) is 4.74 Å². The third-order valence-corrected chi connectivity index (χ3v) is 5.09. The molecule has 0 radical (unpaired) electrons. The van der Waals surface area contributed by atoms with E-state index in [0.29, 0.717) is 18.0 Å². The van der Waals surface area contributed by atoms with Gasteiger partial charge in [0.15, 0.2) is 0 Å². The lowest BCUT2D eigenvalue weighted by atomic mass is 10.2. The summed E-state index contributed by atoms with van der Waals surface area (Å²) in [6.45, 7) is 2.15. The van der Waals surface area contributed by atoms with Crippen LogP contribution in [0.25, 0.3) is 0 Å². The Bertz CT molecular complexity index is 716. The van der Waals surface area contributed by atoms with Crippen LogP contribution in [-0.4, -0.2) is 26.1 Å². The van der Waals surface area contributed by atoms with Gasteiger partial charge in [-0.3, -0.25) is 9.29 Å². The summed E-state index contributed by atoms with van der Waals surface area (Å²) in [7, 11) is -3.63. The minimum absolute atomic E-state index is 0.184. The van der Waals surface area contributed by atoms with Crippen LogP contribution in [-0.2, 0) is 10.0 Å². The van der Waals surface area contributed by atoms with Gasteiger partial charge in [-0.2, -0.15) is 0 Å². The number of aromatic nitrogens is 1. The third-order valence-electron chi connectivity index (χ3n) is 3.17. The fourth-order valence-corrected chi connectivity index (χ4v) is 3.87. The molecule has 1 aromatic heterocycles. The Morgan fingerprint density at radius 2 is 2.05 bits per heavy atom. The van der Waals surface area contributed by atoms with Gasteiger partial charge in [-0.05, 0) is 31.2 Å². The summed E-state index contributed by atoms with van der Waals surface area (Å²) in [5, 5.41) is 0. The Morgan fingerprint density at radius 1 is 1.25 bits per heavy atom. The number of benzene rings is 1. The molecule has 0 fully saturated rings. The van der Waals surface area contributed by atoms with E-state index in [2.05, 4.69) is 4.98 Å². The van der Waals surface area contributed by atoms with Crippen molar-refractivity contribution in [3.63, 3.8) is 0 Å². The van der Waals surface area contributed by atoms with Crippen LogP contribution in [0.4, 0.5) is 5.69 Å². The van der Waals surface area contributed by atoms with Crippen molar-refractivity contribution >= 4 is 15.7 Å². The Morgan fingerprint density at radius 3 is 2.80 bits per heavy atom. The third kappa shape index (κ3) is 2.02. The number of hydrogen-bond donors (Lipinski definition) is 0. The summed E-state index contributed by atoms with van der Waals surface area (Å²) in [5.41, 5.74) is 0.565. The van der Waals surface area contributed by atoms with Crippen LogP contribution >= 0.6 is 0 Å². The number of pyridine rings is 1. The lowest BCUT2D eigenvalue weighted by molar-refractivity contribution is 0.281. The predicted octanol–water partition coefficient (Wildman–Crippen LogP) is 2.06. The highest BCUT2D eigenvalue weighted by Gasteiger charge is 2.34. The second-order valence-corrected chi connectivity index (χ2v) is 6.43. The van der Waals surface area contributed by atoms with Gasteiger partial charge in [-0.25, -0.2) is 8.42 Å². The highest BCUT2D eigenvalue weighted by molar-refractivity contribution is 7.92. The molecule has 20 heavy (non-hydrogen) atoms. The van der Waals surface area contributed by atoms with Crippen molar-refractivity contribution in [2.75, 3.05) is 10.9 Å². The number of para-hydroxylation sites is 2. The molecule has 0 unspecified atom stereocenters. The van der Waals surface area contributed by atoms with E-state index in [1.165, 1.54) is 10.5 Å². The molecule has 1 atom stereocenters. The van der Waals surface area contributed by atoms with E-state index >= 15 is 0 Å². The van der Waals surface area contributed by atoms with Crippen LogP contribution in [0, 0.1) is 0 Å². The van der Waals surface area contributed by atoms with Crippen LogP contribution in [0.15, 0.2) is 53.7 Å². The maximum atomic E-state index is 12.8. The predicted molar refractivity (Wildman–Crippen MR) is 75.3 cm³/mol. The summed E-state index contributed by atoms with van der Waals surface area (Å²) >= 11 is 0. The van der Waals surface area contributed by atoms with Gasteiger partial charge in [0.1, 0.15) is 17.3 Å². The van der Waals surface area contributed by atoms with Crippen LogP contribution in [0.2, 0.25) is 0 Å². The van der Waals surface area contributed by atoms with E-state index in [0.717, 1.165) is 0 Å². The molecular weight excluding hydrogens is 276 g/mol. The molecule has 0 amide bonds. The SMILES string of the molecule is C[C@H]1COc2ccccc2N1S(=O)(=O)c1cccnc1. The first-order valence-electron chi connectivity index (χ1n) is 6.27. The van der Waals surface area contributed by atoms with Gasteiger partial charge in [0.2, 0.25) is 0 Å². The minimum Gasteiger partial charge on any atom is -0.489 e. The van der Waals surface area contributed by atoms with Crippen molar-refractivity contribution in [3.8, 4) is 5.75 Å². The molecule has 2 heterocycles.